The molecule has 0 amide bonds. The lowest BCUT2D eigenvalue weighted by atomic mass is 9.91. The van der Waals surface area contributed by atoms with Crippen molar-refractivity contribution in [3.63, 3.8) is 0 Å². The molecule has 0 rings (SSSR count). The number of hydrogen-bond donors (Lipinski definition) is 0. The number of hydrogen-bond acceptors (Lipinski definition) is 12. The van der Waals surface area contributed by atoms with Gasteiger partial charge in [-0.15, -0.1) is 0 Å². The van der Waals surface area contributed by atoms with Gasteiger partial charge in [0.15, 0.2) is 24.4 Å². The van der Waals surface area contributed by atoms with E-state index in [-0.39, 0.29) is 26.4 Å². The van der Waals surface area contributed by atoms with E-state index < -0.39 is 53.7 Å². The number of ether oxygens (including phenoxy) is 8. The minimum Gasteiger partial charge on any atom is -0.467 e. The van der Waals surface area contributed by atoms with Crippen LogP contribution in [0, 0.1) is 5.41 Å². The Labute approximate surface area is 194 Å². The zero-order valence-electron chi connectivity index (χ0n) is 20.5. The normalized spacial score (nSPS) is 16.5. The number of carbonyl (C=O) groups excluding carboxylic acids is 4. The minimum atomic E-state index is -1.16. The van der Waals surface area contributed by atoms with Crippen molar-refractivity contribution in [2.45, 2.75) is 52.1 Å². The zero-order chi connectivity index (χ0) is 25.6. The first kappa shape index (κ1) is 30.7. The van der Waals surface area contributed by atoms with Crippen molar-refractivity contribution in [1.82, 2.24) is 0 Å². The fourth-order valence-electron chi connectivity index (χ4n) is 2.39. The lowest BCUT2D eigenvalue weighted by Crippen LogP contribution is -2.46. The zero-order valence-corrected chi connectivity index (χ0v) is 20.5. The van der Waals surface area contributed by atoms with Crippen LogP contribution in [-0.4, -0.2) is 103 Å². The van der Waals surface area contributed by atoms with Crippen LogP contribution in [0.2, 0.25) is 0 Å². The summed E-state index contributed by atoms with van der Waals surface area (Å²) in [4.78, 5) is 47.1. The standard InChI is InChI=1S/C21H36O12/c1-13(17(22)26-5)30-9-21(10-31-14(2)18(23)27-6,11-32-15(3)19(24)28-7)12-33-16(4)20(25)29-8/h13-16H,9-12H2,1-8H3. The van der Waals surface area contributed by atoms with E-state index in [1.54, 1.807) is 0 Å². The Kier molecular flexibility index (Phi) is 14.5. The molecule has 0 saturated heterocycles. The van der Waals surface area contributed by atoms with Crippen LogP contribution >= 0.6 is 0 Å². The van der Waals surface area contributed by atoms with Gasteiger partial charge in [0.2, 0.25) is 0 Å². The predicted molar refractivity (Wildman–Crippen MR) is 112 cm³/mol. The van der Waals surface area contributed by atoms with E-state index in [2.05, 4.69) is 18.9 Å². The molecule has 4 atom stereocenters. The highest BCUT2D eigenvalue weighted by molar-refractivity contribution is 5.75. The van der Waals surface area contributed by atoms with Gasteiger partial charge in [-0.1, -0.05) is 0 Å². The van der Waals surface area contributed by atoms with Gasteiger partial charge >= 0.3 is 23.9 Å². The summed E-state index contributed by atoms with van der Waals surface area (Å²) in [5.41, 5.74) is -1.16. The summed E-state index contributed by atoms with van der Waals surface area (Å²) in [7, 11) is 4.88. The molecule has 0 heterocycles. The first-order valence-corrected chi connectivity index (χ1v) is 10.2. The molecule has 0 aromatic carbocycles. The van der Waals surface area contributed by atoms with E-state index in [9.17, 15) is 19.2 Å². The molecule has 0 aliphatic heterocycles. The second-order valence-electron chi connectivity index (χ2n) is 7.41. The summed E-state index contributed by atoms with van der Waals surface area (Å²) in [5, 5.41) is 0. The molecule has 0 radical (unpaired) electrons. The summed E-state index contributed by atoms with van der Waals surface area (Å²) >= 11 is 0. The highest BCUT2D eigenvalue weighted by Gasteiger charge is 2.37. The molecule has 0 saturated carbocycles. The second kappa shape index (κ2) is 15.5. The maximum absolute atomic E-state index is 11.8. The molecule has 0 N–H and O–H groups in total. The van der Waals surface area contributed by atoms with Gasteiger partial charge in [0.25, 0.3) is 0 Å². The van der Waals surface area contributed by atoms with Crippen LogP contribution in [0.1, 0.15) is 27.7 Å². The van der Waals surface area contributed by atoms with E-state index in [0.29, 0.717) is 0 Å². The lowest BCUT2D eigenvalue weighted by Gasteiger charge is -2.35. The van der Waals surface area contributed by atoms with Crippen LogP contribution in [0.15, 0.2) is 0 Å². The minimum absolute atomic E-state index is 0.168. The molecule has 192 valence electrons. The SMILES string of the molecule is COC(=O)C(C)OCC(COC(C)C(=O)OC)(COC(C)C(=O)OC)COC(C)C(=O)OC. The number of carbonyl (C=O) groups is 4. The van der Waals surface area contributed by atoms with Gasteiger partial charge in [-0.2, -0.15) is 0 Å². The molecule has 4 unspecified atom stereocenters. The fraction of sp³-hybridized carbons (Fsp3) is 0.810. The van der Waals surface area contributed by atoms with Crippen molar-refractivity contribution >= 4 is 23.9 Å². The topological polar surface area (TPSA) is 142 Å². The van der Waals surface area contributed by atoms with Gasteiger partial charge in [0, 0.05) is 0 Å². The van der Waals surface area contributed by atoms with Crippen molar-refractivity contribution in [2.75, 3.05) is 54.9 Å². The van der Waals surface area contributed by atoms with Crippen molar-refractivity contribution < 1.29 is 57.1 Å². The van der Waals surface area contributed by atoms with Crippen LogP contribution in [0.4, 0.5) is 0 Å². The van der Waals surface area contributed by atoms with Gasteiger partial charge in [-0.3, -0.25) is 0 Å². The molecule has 0 fully saturated rings. The molecule has 0 bridgehead atoms. The number of esters is 4. The van der Waals surface area contributed by atoms with Crippen LogP contribution < -0.4 is 0 Å². The average molecular weight is 481 g/mol. The Morgan fingerprint density at radius 1 is 0.485 bits per heavy atom. The van der Waals surface area contributed by atoms with E-state index in [4.69, 9.17) is 18.9 Å². The Hall–Kier alpha value is -2.28. The van der Waals surface area contributed by atoms with E-state index in [0.717, 1.165) is 0 Å². The maximum Gasteiger partial charge on any atom is 0.334 e. The van der Waals surface area contributed by atoms with Crippen LogP contribution in [-0.2, 0) is 57.1 Å². The first-order valence-electron chi connectivity index (χ1n) is 10.2. The van der Waals surface area contributed by atoms with E-state index in [1.807, 2.05) is 0 Å². The summed E-state index contributed by atoms with van der Waals surface area (Å²) in [6.45, 7) is 5.29. The van der Waals surface area contributed by atoms with Crippen LogP contribution in [0.5, 0.6) is 0 Å². The first-order chi connectivity index (χ1) is 15.5. The molecule has 0 aromatic rings. The highest BCUT2D eigenvalue weighted by Crippen LogP contribution is 2.24. The smallest absolute Gasteiger partial charge is 0.334 e. The third kappa shape index (κ3) is 10.9. The molecule has 0 aliphatic rings. The van der Waals surface area contributed by atoms with Crippen molar-refractivity contribution in [3.05, 3.63) is 0 Å². The third-order valence-corrected chi connectivity index (χ3v) is 4.69. The maximum atomic E-state index is 11.8. The summed E-state index contributed by atoms with van der Waals surface area (Å²) < 4.78 is 41.3. The predicted octanol–water partition coefficient (Wildman–Crippen LogP) is 0.285. The second-order valence-corrected chi connectivity index (χ2v) is 7.41. The Morgan fingerprint density at radius 3 is 0.818 bits per heavy atom. The van der Waals surface area contributed by atoms with Crippen LogP contribution in [0.25, 0.3) is 0 Å². The lowest BCUT2D eigenvalue weighted by molar-refractivity contribution is -0.180. The monoisotopic (exact) mass is 480 g/mol. The van der Waals surface area contributed by atoms with Gasteiger partial charge in [0.05, 0.1) is 60.3 Å². The summed E-state index contributed by atoms with van der Waals surface area (Å²) in [6.07, 6.45) is -3.76. The molecular formula is C21H36O12. The van der Waals surface area contributed by atoms with Crippen LogP contribution in [0.3, 0.4) is 0 Å². The summed E-state index contributed by atoms with van der Waals surface area (Å²) in [6, 6.07) is 0. The van der Waals surface area contributed by atoms with Gasteiger partial charge in [0.1, 0.15) is 0 Å². The molecule has 33 heavy (non-hydrogen) atoms. The van der Waals surface area contributed by atoms with Crippen molar-refractivity contribution in [1.29, 1.82) is 0 Å². The van der Waals surface area contributed by atoms with Crippen molar-refractivity contribution in [2.24, 2.45) is 5.41 Å². The summed E-state index contributed by atoms with van der Waals surface area (Å²) in [5.74, 6) is -2.44. The highest BCUT2D eigenvalue weighted by atomic mass is 16.6. The molecular weight excluding hydrogens is 444 g/mol. The third-order valence-electron chi connectivity index (χ3n) is 4.69. The Bertz CT molecular complexity index is 525. The van der Waals surface area contributed by atoms with Gasteiger partial charge in [-0.25, -0.2) is 19.2 Å². The van der Waals surface area contributed by atoms with E-state index in [1.165, 1.54) is 56.1 Å². The fourth-order valence-corrected chi connectivity index (χ4v) is 2.39. The largest absolute Gasteiger partial charge is 0.467 e. The quantitative estimate of drug-likeness (QED) is 0.221. The van der Waals surface area contributed by atoms with Gasteiger partial charge in [-0.05, 0) is 27.7 Å². The molecule has 12 nitrogen and oxygen atoms in total. The average Bonchev–Trinajstić information content (AvgIpc) is 2.84. The number of rotatable bonds is 16. The molecule has 12 heteroatoms. The Balaban J connectivity index is 5.78. The molecule has 0 spiro atoms. The van der Waals surface area contributed by atoms with Gasteiger partial charge < -0.3 is 37.9 Å². The van der Waals surface area contributed by atoms with E-state index >= 15 is 0 Å². The van der Waals surface area contributed by atoms with Crippen molar-refractivity contribution in [3.8, 4) is 0 Å². The number of methoxy groups -OCH3 is 4. The molecule has 0 aliphatic carbocycles. The Morgan fingerprint density at radius 2 is 0.667 bits per heavy atom. The molecule has 0 aromatic heterocycles.